The molecular formula is C11H14N2O2. The number of rotatable bonds is 1. The van der Waals surface area contributed by atoms with Crippen LogP contribution in [0.15, 0.2) is 12.1 Å². The van der Waals surface area contributed by atoms with E-state index in [1.807, 2.05) is 19.1 Å². The van der Waals surface area contributed by atoms with Crippen LogP contribution in [0.25, 0.3) is 0 Å². The van der Waals surface area contributed by atoms with Gasteiger partial charge in [0, 0.05) is 13.1 Å². The molecule has 0 bridgehead atoms. The Kier molecular flexibility index (Phi) is 2.49. The molecule has 0 radical (unpaired) electrons. The van der Waals surface area contributed by atoms with Gasteiger partial charge in [0.2, 0.25) is 0 Å². The molecule has 2 rings (SSSR count). The predicted octanol–water partition coefficient (Wildman–Crippen LogP) is 1.62. The zero-order valence-corrected chi connectivity index (χ0v) is 8.89. The molecule has 0 saturated carbocycles. The van der Waals surface area contributed by atoms with Crippen molar-refractivity contribution in [2.75, 3.05) is 30.8 Å². The minimum absolute atomic E-state index is 0.289. The van der Waals surface area contributed by atoms with E-state index in [1.165, 1.54) is 7.11 Å². The zero-order valence-electron chi connectivity index (χ0n) is 8.89. The molecule has 1 aliphatic heterocycles. The van der Waals surface area contributed by atoms with Crippen LogP contribution >= 0.6 is 0 Å². The third-order valence-electron chi connectivity index (χ3n) is 2.53. The van der Waals surface area contributed by atoms with Crippen molar-refractivity contribution >= 4 is 17.3 Å². The molecule has 0 aromatic heterocycles. The van der Waals surface area contributed by atoms with Crippen LogP contribution in [0.3, 0.4) is 0 Å². The number of carbonyl (C=O) groups excluding carboxylic acids is 1. The van der Waals surface area contributed by atoms with Crippen molar-refractivity contribution in [1.82, 2.24) is 0 Å². The Bertz CT molecular complexity index is 402. The molecule has 0 spiro atoms. The fourth-order valence-corrected chi connectivity index (χ4v) is 1.72. The van der Waals surface area contributed by atoms with Gasteiger partial charge in [-0.3, -0.25) is 0 Å². The average Bonchev–Trinajstić information content (AvgIpc) is 2.27. The maximum Gasteiger partial charge on any atom is 0.338 e. The summed E-state index contributed by atoms with van der Waals surface area (Å²) in [7, 11) is 1.40. The van der Waals surface area contributed by atoms with Crippen LogP contribution in [-0.2, 0) is 4.74 Å². The summed E-state index contributed by atoms with van der Waals surface area (Å²) < 4.78 is 4.72. The molecule has 1 aromatic rings. The van der Waals surface area contributed by atoms with Crippen molar-refractivity contribution in [3.63, 3.8) is 0 Å². The van der Waals surface area contributed by atoms with Gasteiger partial charge in [-0.2, -0.15) is 0 Å². The summed E-state index contributed by atoms with van der Waals surface area (Å²) in [5.74, 6) is -0.289. The van der Waals surface area contributed by atoms with Gasteiger partial charge in [-0.15, -0.1) is 0 Å². The highest BCUT2D eigenvalue weighted by molar-refractivity contribution is 5.94. The highest BCUT2D eigenvalue weighted by Crippen LogP contribution is 2.28. The molecule has 15 heavy (non-hydrogen) atoms. The Labute approximate surface area is 88.6 Å². The van der Waals surface area contributed by atoms with Crippen LogP contribution < -0.4 is 10.6 Å². The van der Waals surface area contributed by atoms with Crippen molar-refractivity contribution in [2.45, 2.75) is 6.92 Å². The van der Waals surface area contributed by atoms with Crippen LogP contribution in [0, 0.1) is 6.92 Å². The first-order valence-corrected chi connectivity index (χ1v) is 4.93. The lowest BCUT2D eigenvalue weighted by atomic mass is 10.1. The number of ether oxygens (including phenoxy) is 1. The number of fused-ring (bicyclic) bond motifs is 1. The Morgan fingerprint density at radius 3 is 2.47 bits per heavy atom. The van der Waals surface area contributed by atoms with E-state index in [4.69, 9.17) is 4.74 Å². The zero-order chi connectivity index (χ0) is 10.8. The summed E-state index contributed by atoms with van der Waals surface area (Å²) in [6.45, 7) is 3.68. The van der Waals surface area contributed by atoms with Crippen molar-refractivity contribution in [3.05, 3.63) is 23.3 Å². The van der Waals surface area contributed by atoms with E-state index in [2.05, 4.69) is 10.6 Å². The first-order chi connectivity index (χ1) is 7.22. The minimum Gasteiger partial charge on any atom is -0.465 e. The Morgan fingerprint density at radius 2 is 1.87 bits per heavy atom. The molecular weight excluding hydrogens is 192 g/mol. The lowest BCUT2D eigenvalue weighted by Crippen LogP contribution is -2.21. The van der Waals surface area contributed by atoms with Crippen molar-refractivity contribution in [3.8, 4) is 0 Å². The molecule has 80 valence electrons. The van der Waals surface area contributed by atoms with Gasteiger partial charge in [-0.25, -0.2) is 4.79 Å². The van der Waals surface area contributed by atoms with E-state index >= 15 is 0 Å². The maximum absolute atomic E-state index is 11.4. The van der Waals surface area contributed by atoms with Crippen molar-refractivity contribution in [1.29, 1.82) is 0 Å². The van der Waals surface area contributed by atoms with E-state index in [0.717, 1.165) is 30.0 Å². The van der Waals surface area contributed by atoms with E-state index in [9.17, 15) is 4.79 Å². The second-order valence-electron chi connectivity index (χ2n) is 3.56. The molecule has 0 atom stereocenters. The molecule has 4 heteroatoms. The minimum atomic E-state index is -0.289. The summed E-state index contributed by atoms with van der Waals surface area (Å²) in [6.07, 6.45) is 0. The maximum atomic E-state index is 11.4. The van der Waals surface area contributed by atoms with E-state index in [0.29, 0.717) is 5.56 Å². The van der Waals surface area contributed by atoms with Crippen LogP contribution in [0.2, 0.25) is 0 Å². The molecule has 0 amide bonds. The number of hydrogen-bond donors (Lipinski definition) is 2. The standard InChI is InChI=1S/C11H14N2O2/c1-7-5-9-10(13-4-3-12-9)6-8(7)11(14)15-2/h5-6,12-13H,3-4H2,1-2H3. The third kappa shape index (κ3) is 1.75. The molecule has 4 nitrogen and oxygen atoms in total. The van der Waals surface area contributed by atoms with Gasteiger partial charge in [-0.05, 0) is 24.6 Å². The van der Waals surface area contributed by atoms with Crippen LogP contribution in [0.1, 0.15) is 15.9 Å². The Balaban J connectivity index is 2.44. The fourth-order valence-electron chi connectivity index (χ4n) is 1.72. The summed E-state index contributed by atoms with van der Waals surface area (Å²) in [6, 6.07) is 3.80. The van der Waals surface area contributed by atoms with Gasteiger partial charge in [0.25, 0.3) is 0 Å². The average molecular weight is 206 g/mol. The van der Waals surface area contributed by atoms with Gasteiger partial charge >= 0.3 is 5.97 Å². The number of nitrogens with one attached hydrogen (secondary N) is 2. The van der Waals surface area contributed by atoms with Crippen LogP contribution in [0.4, 0.5) is 11.4 Å². The lowest BCUT2D eigenvalue weighted by molar-refractivity contribution is 0.0600. The SMILES string of the molecule is COC(=O)c1cc2c(cc1C)NCCN2. The summed E-state index contributed by atoms with van der Waals surface area (Å²) in [5.41, 5.74) is 3.56. The summed E-state index contributed by atoms with van der Waals surface area (Å²) in [4.78, 5) is 11.4. The quantitative estimate of drug-likeness (QED) is 0.685. The Hall–Kier alpha value is -1.71. The monoisotopic (exact) mass is 206 g/mol. The van der Waals surface area contributed by atoms with E-state index in [-0.39, 0.29) is 5.97 Å². The van der Waals surface area contributed by atoms with E-state index < -0.39 is 0 Å². The van der Waals surface area contributed by atoms with Crippen molar-refractivity contribution < 1.29 is 9.53 Å². The van der Waals surface area contributed by atoms with Crippen LogP contribution in [0.5, 0.6) is 0 Å². The van der Waals surface area contributed by atoms with Gasteiger partial charge < -0.3 is 15.4 Å². The molecule has 1 heterocycles. The molecule has 1 aliphatic rings. The number of hydrogen-bond acceptors (Lipinski definition) is 4. The molecule has 2 N–H and O–H groups in total. The number of benzene rings is 1. The third-order valence-corrected chi connectivity index (χ3v) is 2.53. The second kappa shape index (κ2) is 3.81. The summed E-state index contributed by atoms with van der Waals surface area (Å²) >= 11 is 0. The predicted molar refractivity (Wildman–Crippen MR) is 59.5 cm³/mol. The highest BCUT2D eigenvalue weighted by atomic mass is 16.5. The molecule has 1 aromatic carbocycles. The van der Waals surface area contributed by atoms with Crippen LogP contribution in [-0.4, -0.2) is 26.2 Å². The number of anilines is 2. The van der Waals surface area contributed by atoms with Gasteiger partial charge in [-0.1, -0.05) is 0 Å². The number of methoxy groups -OCH3 is 1. The molecule has 0 unspecified atom stereocenters. The number of esters is 1. The van der Waals surface area contributed by atoms with Crippen molar-refractivity contribution in [2.24, 2.45) is 0 Å². The van der Waals surface area contributed by atoms with Gasteiger partial charge in [0.1, 0.15) is 0 Å². The lowest BCUT2D eigenvalue weighted by Gasteiger charge is -2.21. The highest BCUT2D eigenvalue weighted by Gasteiger charge is 2.15. The fraction of sp³-hybridized carbons (Fsp3) is 0.364. The number of carbonyl (C=O) groups is 1. The van der Waals surface area contributed by atoms with Gasteiger partial charge in [0.15, 0.2) is 0 Å². The first-order valence-electron chi connectivity index (χ1n) is 4.93. The number of aryl methyl sites for hydroxylation is 1. The molecule has 0 aliphatic carbocycles. The van der Waals surface area contributed by atoms with Gasteiger partial charge in [0.05, 0.1) is 24.0 Å². The normalized spacial score (nSPS) is 13.5. The Morgan fingerprint density at radius 1 is 1.27 bits per heavy atom. The smallest absolute Gasteiger partial charge is 0.338 e. The molecule has 0 fully saturated rings. The second-order valence-corrected chi connectivity index (χ2v) is 3.56. The summed E-state index contributed by atoms with van der Waals surface area (Å²) in [5, 5.41) is 6.51. The largest absolute Gasteiger partial charge is 0.465 e. The molecule has 0 saturated heterocycles. The first kappa shape index (κ1) is 9.83. The van der Waals surface area contributed by atoms with E-state index in [1.54, 1.807) is 0 Å². The topological polar surface area (TPSA) is 50.4 Å².